The Morgan fingerprint density at radius 2 is 1.92 bits per heavy atom. The number of anilines is 1. The Hall–Kier alpha value is -1.75. The summed E-state index contributed by atoms with van der Waals surface area (Å²) in [6.45, 7) is 0.886. The lowest BCUT2D eigenvalue weighted by Crippen LogP contribution is -2.32. The molecule has 0 aliphatic carbocycles. The van der Waals surface area contributed by atoms with E-state index in [0.717, 1.165) is 36.4 Å². The highest BCUT2D eigenvalue weighted by Gasteiger charge is 2.50. The first-order valence-electron chi connectivity index (χ1n) is 8.28. The molecule has 0 aromatic heterocycles. The van der Waals surface area contributed by atoms with E-state index in [-0.39, 0.29) is 18.1 Å². The van der Waals surface area contributed by atoms with E-state index in [2.05, 4.69) is 4.90 Å². The number of hydrogen-bond acceptors (Lipinski definition) is 3. The Bertz CT molecular complexity index is 827. The molecule has 0 spiro atoms. The number of halogens is 2. The number of nitrogens with zero attached hydrogens (tertiary/aromatic N) is 2. The molecule has 6 heteroatoms. The Kier molecular flexibility index (Phi) is 4.36. The maximum absolute atomic E-state index is 13.1. The van der Waals surface area contributed by atoms with Crippen molar-refractivity contribution >= 4 is 34.8 Å². The van der Waals surface area contributed by atoms with E-state index in [1.54, 1.807) is 19.2 Å². The normalized spacial score (nSPS) is 23.2. The molecule has 2 heterocycles. The highest BCUT2D eigenvalue weighted by Crippen LogP contribution is 2.45. The van der Waals surface area contributed by atoms with E-state index in [9.17, 15) is 4.79 Å². The molecule has 4 nitrogen and oxygen atoms in total. The lowest BCUT2D eigenvalue weighted by atomic mass is 10.1. The van der Waals surface area contributed by atoms with E-state index in [1.165, 1.54) is 0 Å². The van der Waals surface area contributed by atoms with E-state index < -0.39 is 0 Å². The largest absolute Gasteiger partial charge is 0.496 e. The molecule has 0 saturated carbocycles. The molecule has 2 atom stereocenters. The van der Waals surface area contributed by atoms with Gasteiger partial charge in [-0.3, -0.25) is 14.6 Å². The van der Waals surface area contributed by atoms with Gasteiger partial charge in [0.1, 0.15) is 11.9 Å². The lowest BCUT2D eigenvalue weighted by Gasteiger charge is -2.30. The summed E-state index contributed by atoms with van der Waals surface area (Å²) in [5, 5.41) is 0.921. The summed E-state index contributed by atoms with van der Waals surface area (Å²) < 4.78 is 5.56. The molecule has 25 heavy (non-hydrogen) atoms. The fraction of sp³-hybridized carbons (Fsp3) is 0.316. The van der Waals surface area contributed by atoms with E-state index >= 15 is 0 Å². The molecule has 2 aromatic rings. The summed E-state index contributed by atoms with van der Waals surface area (Å²) in [6.07, 6.45) is 1.70. The average molecular weight is 377 g/mol. The second-order valence-electron chi connectivity index (χ2n) is 6.32. The van der Waals surface area contributed by atoms with Crippen LogP contribution in [0.1, 0.15) is 24.6 Å². The van der Waals surface area contributed by atoms with Gasteiger partial charge in [-0.25, -0.2) is 0 Å². The van der Waals surface area contributed by atoms with Crippen LogP contribution in [0.25, 0.3) is 0 Å². The molecule has 2 saturated heterocycles. The third-order valence-corrected chi connectivity index (χ3v) is 5.71. The number of hydrogen-bond donors (Lipinski definition) is 0. The van der Waals surface area contributed by atoms with Gasteiger partial charge in [-0.2, -0.15) is 0 Å². The molecule has 0 unspecified atom stereocenters. The van der Waals surface area contributed by atoms with Crippen molar-refractivity contribution in [1.82, 2.24) is 4.90 Å². The predicted molar refractivity (Wildman–Crippen MR) is 99.4 cm³/mol. The molecule has 130 valence electrons. The number of amides is 1. The lowest BCUT2D eigenvalue weighted by molar-refractivity contribution is -0.119. The van der Waals surface area contributed by atoms with Gasteiger partial charge >= 0.3 is 0 Å². The summed E-state index contributed by atoms with van der Waals surface area (Å²) in [5.74, 6) is 0.879. The van der Waals surface area contributed by atoms with Crippen molar-refractivity contribution in [3.8, 4) is 5.75 Å². The Morgan fingerprint density at radius 1 is 1.12 bits per heavy atom. The Morgan fingerprint density at radius 3 is 2.68 bits per heavy atom. The molecule has 2 aliphatic heterocycles. The summed E-state index contributed by atoms with van der Waals surface area (Å²) >= 11 is 12.3. The molecule has 2 aromatic carbocycles. The molecule has 0 bridgehead atoms. The third-order valence-electron chi connectivity index (χ3n) is 4.97. The number of ether oxygens (including phenoxy) is 1. The van der Waals surface area contributed by atoms with Crippen LogP contribution in [-0.4, -0.2) is 30.5 Å². The van der Waals surface area contributed by atoms with Gasteiger partial charge in [0.2, 0.25) is 5.91 Å². The fourth-order valence-electron chi connectivity index (χ4n) is 3.88. The summed E-state index contributed by atoms with van der Waals surface area (Å²) in [6, 6.07) is 13.1. The summed E-state index contributed by atoms with van der Waals surface area (Å²) in [5.41, 5.74) is 1.73. The quantitative estimate of drug-likeness (QED) is 0.789. The number of methoxy groups -OCH3 is 1. The first-order valence-corrected chi connectivity index (χ1v) is 9.04. The molecule has 1 amide bonds. The van der Waals surface area contributed by atoms with Crippen molar-refractivity contribution in [2.45, 2.75) is 25.0 Å². The van der Waals surface area contributed by atoms with Crippen LogP contribution in [0.4, 0.5) is 5.69 Å². The van der Waals surface area contributed by atoms with Crippen molar-refractivity contribution in [3.63, 3.8) is 0 Å². The van der Waals surface area contributed by atoms with Crippen LogP contribution in [0, 0.1) is 0 Å². The van der Waals surface area contributed by atoms with Gasteiger partial charge in [0.25, 0.3) is 0 Å². The van der Waals surface area contributed by atoms with Gasteiger partial charge in [-0.1, -0.05) is 41.4 Å². The second-order valence-corrected chi connectivity index (χ2v) is 7.13. The molecular formula is C19H18Cl2N2O2. The number of carbonyl (C=O) groups is 1. The second kappa shape index (κ2) is 6.52. The minimum absolute atomic E-state index is 0.0932. The van der Waals surface area contributed by atoms with E-state index in [1.807, 2.05) is 35.2 Å². The predicted octanol–water partition coefficient (Wildman–Crippen LogP) is 4.51. The SMILES string of the molecule is COc1ccccc1[C@H]1N(c2ccc(Cl)c(Cl)c2)C(=O)[C@@H]2CCCN21. The average Bonchev–Trinajstić information content (AvgIpc) is 3.20. The molecular weight excluding hydrogens is 359 g/mol. The van der Waals surface area contributed by atoms with Crippen LogP contribution in [-0.2, 0) is 4.79 Å². The van der Waals surface area contributed by atoms with Gasteiger partial charge in [0.15, 0.2) is 0 Å². The summed E-state index contributed by atoms with van der Waals surface area (Å²) in [7, 11) is 1.65. The Balaban J connectivity index is 1.85. The molecule has 2 aliphatic rings. The van der Waals surface area contributed by atoms with Crippen LogP contribution in [0.2, 0.25) is 10.0 Å². The molecule has 0 N–H and O–H groups in total. The maximum atomic E-state index is 13.1. The topological polar surface area (TPSA) is 32.8 Å². The van der Waals surface area contributed by atoms with Crippen LogP contribution in [0.5, 0.6) is 5.75 Å². The number of carbonyl (C=O) groups excluding carboxylic acids is 1. The van der Waals surface area contributed by atoms with Crippen molar-refractivity contribution in [2.75, 3.05) is 18.6 Å². The first kappa shape index (κ1) is 16.7. The smallest absolute Gasteiger partial charge is 0.246 e. The van der Waals surface area contributed by atoms with Crippen molar-refractivity contribution in [3.05, 3.63) is 58.1 Å². The van der Waals surface area contributed by atoms with Gasteiger partial charge in [-0.15, -0.1) is 0 Å². The number of rotatable bonds is 3. The molecule has 2 fully saturated rings. The highest BCUT2D eigenvalue weighted by molar-refractivity contribution is 6.42. The zero-order valence-electron chi connectivity index (χ0n) is 13.8. The minimum Gasteiger partial charge on any atom is -0.496 e. The first-order chi connectivity index (χ1) is 12.1. The zero-order chi connectivity index (χ0) is 17.6. The number of para-hydroxylation sites is 1. The van der Waals surface area contributed by atoms with Gasteiger partial charge in [-0.05, 0) is 37.1 Å². The Labute approximate surface area is 156 Å². The van der Waals surface area contributed by atoms with E-state index in [0.29, 0.717) is 10.0 Å². The monoisotopic (exact) mass is 376 g/mol. The maximum Gasteiger partial charge on any atom is 0.246 e. The van der Waals surface area contributed by atoms with Gasteiger partial charge in [0, 0.05) is 17.8 Å². The minimum atomic E-state index is -0.201. The van der Waals surface area contributed by atoms with Gasteiger partial charge in [0.05, 0.1) is 23.2 Å². The van der Waals surface area contributed by atoms with E-state index in [4.69, 9.17) is 27.9 Å². The third kappa shape index (κ3) is 2.69. The number of fused-ring (bicyclic) bond motifs is 1. The number of benzene rings is 2. The molecule has 4 rings (SSSR count). The van der Waals surface area contributed by atoms with Crippen LogP contribution in [0.3, 0.4) is 0 Å². The zero-order valence-corrected chi connectivity index (χ0v) is 15.3. The van der Waals surface area contributed by atoms with Gasteiger partial charge < -0.3 is 4.74 Å². The van der Waals surface area contributed by atoms with Crippen LogP contribution >= 0.6 is 23.2 Å². The van der Waals surface area contributed by atoms with Crippen LogP contribution in [0.15, 0.2) is 42.5 Å². The van der Waals surface area contributed by atoms with Crippen LogP contribution < -0.4 is 9.64 Å². The van der Waals surface area contributed by atoms with Crippen molar-refractivity contribution in [1.29, 1.82) is 0 Å². The molecule has 0 radical (unpaired) electrons. The standard InChI is InChI=1S/C19H18Cl2N2O2/c1-25-17-7-3-2-5-13(17)18-22-10-4-6-16(22)19(24)23(18)12-8-9-14(20)15(21)11-12/h2-3,5,7-9,11,16,18H,4,6,10H2,1H3/t16-,18+/m0/s1. The fourth-order valence-corrected chi connectivity index (χ4v) is 4.17. The highest BCUT2D eigenvalue weighted by atomic mass is 35.5. The summed E-state index contributed by atoms with van der Waals surface area (Å²) in [4.78, 5) is 17.2. The van der Waals surface area contributed by atoms with Crippen molar-refractivity contribution in [2.24, 2.45) is 0 Å². The van der Waals surface area contributed by atoms with Crippen molar-refractivity contribution < 1.29 is 9.53 Å².